The van der Waals surface area contributed by atoms with Crippen LogP contribution in [0.5, 0.6) is 0 Å². The molecule has 1 aromatic rings. The van der Waals surface area contributed by atoms with Gasteiger partial charge in [0, 0.05) is 24.1 Å². The van der Waals surface area contributed by atoms with Crippen LogP contribution in [0.2, 0.25) is 0 Å². The predicted octanol–water partition coefficient (Wildman–Crippen LogP) is 3.61. The van der Waals surface area contributed by atoms with Crippen LogP contribution in [0.1, 0.15) is 44.0 Å². The Morgan fingerprint density at radius 1 is 1.31 bits per heavy atom. The Morgan fingerprint density at radius 2 is 2.19 bits per heavy atom. The summed E-state index contributed by atoms with van der Waals surface area (Å²) in [4.78, 5) is 1.44. The Kier molecular flexibility index (Phi) is 7.47. The zero-order valence-electron chi connectivity index (χ0n) is 10.4. The molecule has 0 aliphatic rings. The molecular formula is C13H23NOS. The Hall–Kier alpha value is -0.380. The highest BCUT2D eigenvalue weighted by Gasteiger charge is 2.09. The van der Waals surface area contributed by atoms with E-state index in [0.29, 0.717) is 6.04 Å². The molecule has 1 atom stereocenters. The zero-order chi connectivity index (χ0) is 11.6. The Balaban J connectivity index is 2.24. The van der Waals surface area contributed by atoms with E-state index in [9.17, 15) is 0 Å². The average Bonchev–Trinajstić information content (AvgIpc) is 2.81. The van der Waals surface area contributed by atoms with Crippen LogP contribution < -0.4 is 5.32 Å². The van der Waals surface area contributed by atoms with E-state index < -0.39 is 0 Å². The molecule has 2 nitrogen and oxygen atoms in total. The predicted molar refractivity (Wildman–Crippen MR) is 71.1 cm³/mol. The first-order valence-corrected chi connectivity index (χ1v) is 7.11. The minimum Gasteiger partial charge on any atom is -0.380 e. The van der Waals surface area contributed by atoms with Crippen LogP contribution in [0.3, 0.4) is 0 Å². The number of ether oxygens (including phenoxy) is 1. The summed E-state index contributed by atoms with van der Waals surface area (Å²) in [6, 6.07) is 4.85. The van der Waals surface area contributed by atoms with Crippen molar-refractivity contribution in [2.75, 3.05) is 19.8 Å². The highest BCUT2D eigenvalue weighted by molar-refractivity contribution is 7.10. The third-order valence-corrected chi connectivity index (χ3v) is 3.44. The van der Waals surface area contributed by atoms with Gasteiger partial charge in [-0.1, -0.05) is 26.3 Å². The van der Waals surface area contributed by atoms with Crippen molar-refractivity contribution in [3.8, 4) is 0 Å². The van der Waals surface area contributed by atoms with Crippen LogP contribution in [0.15, 0.2) is 17.5 Å². The van der Waals surface area contributed by atoms with E-state index >= 15 is 0 Å². The highest BCUT2D eigenvalue weighted by Crippen LogP contribution is 2.22. The quantitative estimate of drug-likeness (QED) is 0.667. The topological polar surface area (TPSA) is 21.3 Å². The summed E-state index contributed by atoms with van der Waals surface area (Å²) >= 11 is 1.84. The molecule has 0 aliphatic carbocycles. The molecule has 1 unspecified atom stereocenters. The van der Waals surface area contributed by atoms with Crippen molar-refractivity contribution in [3.63, 3.8) is 0 Å². The third-order valence-electron chi connectivity index (χ3n) is 2.45. The van der Waals surface area contributed by atoms with Crippen LogP contribution in [0, 0.1) is 0 Å². The summed E-state index contributed by atoms with van der Waals surface area (Å²) < 4.78 is 5.47. The van der Waals surface area contributed by atoms with Crippen molar-refractivity contribution in [2.24, 2.45) is 0 Å². The van der Waals surface area contributed by atoms with Crippen LogP contribution in [0.25, 0.3) is 0 Å². The standard InChI is InChI=1S/C13H23NOS/c1-3-6-12(13-7-5-11-16-13)14-8-10-15-9-4-2/h5,7,11-12,14H,3-4,6,8-10H2,1-2H3. The molecule has 0 aliphatic heterocycles. The number of nitrogens with one attached hydrogen (secondary N) is 1. The van der Waals surface area contributed by atoms with Crippen LogP contribution in [-0.2, 0) is 4.74 Å². The van der Waals surface area contributed by atoms with Gasteiger partial charge in [0.05, 0.1) is 6.61 Å². The SMILES string of the molecule is CCCOCCNC(CCC)c1cccs1. The molecule has 0 fully saturated rings. The largest absolute Gasteiger partial charge is 0.380 e. The fourth-order valence-electron chi connectivity index (χ4n) is 1.67. The lowest BCUT2D eigenvalue weighted by Gasteiger charge is -2.16. The minimum atomic E-state index is 0.509. The number of thiophene rings is 1. The summed E-state index contributed by atoms with van der Waals surface area (Å²) in [5.74, 6) is 0. The zero-order valence-corrected chi connectivity index (χ0v) is 11.2. The van der Waals surface area contributed by atoms with Gasteiger partial charge in [-0.25, -0.2) is 0 Å². The molecule has 0 radical (unpaired) electrons. The van der Waals surface area contributed by atoms with E-state index in [2.05, 4.69) is 36.7 Å². The monoisotopic (exact) mass is 241 g/mol. The number of hydrogen-bond acceptors (Lipinski definition) is 3. The Bertz CT molecular complexity index is 248. The summed E-state index contributed by atoms with van der Waals surface area (Å²) in [7, 11) is 0. The molecule has 3 heteroatoms. The van der Waals surface area contributed by atoms with Gasteiger partial charge in [0.15, 0.2) is 0 Å². The lowest BCUT2D eigenvalue weighted by Crippen LogP contribution is -2.24. The Labute approximate surface area is 103 Å². The van der Waals surface area contributed by atoms with Crippen molar-refractivity contribution in [3.05, 3.63) is 22.4 Å². The fraction of sp³-hybridized carbons (Fsp3) is 0.692. The number of hydrogen-bond donors (Lipinski definition) is 1. The molecule has 1 heterocycles. The first kappa shape index (κ1) is 13.7. The van der Waals surface area contributed by atoms with Crippen molar-refractivity contribution in [1.82, 2.24) is 5.32 Å². The minimum absolute atomic E-state index is 0.509. The second-order valence-electron chi connectivity index (χ2n) is 3.92. The van der Waals surface area contributed by atoms with E-state index in [-0.39, 0.29) is 0 Å². The molecule has 1 rings (SSSR count). The molecule has 0 amide bonds. The Morgan fingerprint density at radius 3 is 2.81 bits per heavy atom. The van der Waals surface area contributed by atoms with Gasteiger partial charge in [-0.05, 0) is 24.3 Å². The molecule has 16 heavy (non-hydrogen) atoms. The van der Waals surface area contributed by atoms with Gasteiger partial charge in [-0.15, -0.1) is 11.3 Å². The maximum Gasteiger partial charge on any atom is 0.0591 e. The summed E-state index contributed by atoms with van der Waals surface area (Å²) in [5, 5.41) is 5.71. The van der Waals surface area contributed by atoms with Gasteiger partial charge in [0.25, 0.3) is 0 Å². The molecule has 0 spiro atoms. The molecule has 92 valence electrons. The van der Waals surface area contributed by atoms with Gasteiger partial charge in [-0.3, -0.25) is 0 Å². The molecule has 1 aromatic heterocycles. The molecular weight excluding hydrogens is 218 g/mol. The smallest absolute Gasteiger partial charge is 0.0591 e. The molecule has 0 aromatic carbocycles. The third kappa shape index (κ3) is 5.10. The summed E-state index contributed by atoms with van der Waals surface area (Å²) in [6.45, 7) is 7.01. The number of rotatable bonds is 9. The van der Waals surface area contributed by atoms with E-state index in [1.54, 1.807) is 0 Å². The lowest BCUT2D eigenvalue weighted by atomic mass is 10.1. The maximum atomic E-state index is 5.47. The fourth-order valence-corrected chi connectivity index (χ4v) is 2.51. The van der Waals surface area contributed by atoms with E-state index in [1.807, 2.05) is 11.3 Å². The lowest BCUT2D eigenvalue weighted by molar-refractivity contribution is 0.134. The van der Waals surface area contributed by atoms with E-state index in [1.165, 1.54) is 17.7 Å². The maximum absolute atomic E-state index is 5.47. The molecule has 0 saturated heterocycles. The molecule has 0 saturated carbocycles. The van der Waals surface area contributed by atoms with Crippen LogP contribution in [0.4, 0.5) is 0 Å². The van der Waals surface area contributed by atoms with Gasteiger partial charge < -0.3 is 10.1 Å². The van der Waals surface area contributed by atoms with Gasteiger partial charge in [0.2, 0.25) is 0 Å². The first-order valence-electron chi connectivity index (χ1n) is 6.23. The van der Waals surface area contributed by atoms with Crippen molar-refractivity contribution >= 4 is 11.3 Å². The summed E-state index contributed by atoms with van der Waals surface area (Å²) in [6.07, 6.45) is 3.52. The molecule has 1 N–H and O–H groups in total. The van der Waals surface area contributed by atoms with Crippen LogP contribution >= 0.6 is 11.3 Å². The van der Waals surface area contributed by atoms with E-state index in [0.717, 1.165) is 26.2 Å². The second-order valence-corrected chi connectivity index (χ2v) is 4.90. The van der Waals surface area contributed by atoms with Crippen molar-refractivity contribution in [2.45, 2.75) is 39.2 Å². The summed E-state index contributed by atoms with van der Waals surface area (Å²) in [5.41, 5.74) is 0. The van der Waals surface area contributed by atoms with E-state index in [4.69, 9.17) is 4.74 Å². The second kappa shape index (κ2) is 8.74. The highest BCUT2D eigenvalue weighted by atomic mass is 32.1. The normalized spacial score (nSPS) is 12.9. The van der Waals surface area contributed by atoms with Gasteiger partial charge in [-0.2, -0.15) is 0 Å². The average molecular weight is 241 g/mol. The van der Waals surface area contributed by atoms with Crippen LogP contribution in [-0.4, -0.2) is 19.8 Å². The first-order chi connectivity index (χ1) is 7.88. The van der Waals surface area contributed by atoms with Gasteiger partial charge in [0.1, 0.15) is 0 Å². The molecule has 0 bridgehead atoms. The van der Waals surface area contributed by atoms with Crippen molar-refractivity contribution in [1.29, 1.82) is 0 Å². The van der Waals surface area contributed by atoms with Gasteiger partial charge >= 0.3 is 0 Å². The van der Waals surface area contributed by atoms with Crippen molar-refractivity contribution < 1.29 is 4.74 Å².